The lowest BCUT2D eigenvalue weighted by atomic mass is 9.87. The highest BCUT2D eigenvalue weighted by atomic mass is 28.3. The zero-order valence-electron chi connectivity index (χ0n) is 20.1. The first kappa shape index (κ1) is 24.0. The number of hydrogen-bond donors (Lipinski definition) is 0. The molecule has 1 atom stereocenters. The van der Waals surface area contributed by atoms with Gasteiger partial charge in [0.1, 0.15) is 0 Å². The SMILES string of the molecule is C=CCC(O[Si](B1OC(C)(C)C(C)(C)O1)(c1ccccc1)c1ccccc1)C(C)(C)C. The second-order valence-corrected chi connectivity index (χ2v) is 13.9. The first-order valence-electron chi connectivity index (χ1n) is 11.2. The molecule has 31 heavy (non-hydrogen) atoms. The molecule has 5 heteroatoms. The molecule has 0 N–H and O–H groups in total. The van der Waals surface area contributed by atoms with Crippen molar-refractivity contribution in [3.05, 3.63) is 73.3 Å². The highest BCUT2D eigenvalue weighted by Crippen LogP contribution is 2.40. The van der Waals surface area contributed by atoms with Crippen molar-refractivity contribution in [1.82, 2.24) is 0 Å². The Morgan fingerprint density at radius 2 is 1.32 bits per heavy atom. The van der Waals surface area contributed by atoms with Gasteiger partial charge in [0.2, 0.25) is 0 Å². The molecule has 0 amide bonds. The fraction of sp³-hybridized carbons (Fsp3) is 0.462. The molecule has 2 aromatic carbocycles. The normalized spacial score (nSPS) is 19.3. The predicted molar refractivity (Wildman–Crippen MR) is 133 cm³/mol. The van der Waals surface area contributed by atoms with Gasteiger partial charge in [0, 0.05) is 0 Å². The molecule has 0 aliphatic carbocycles. The maximum absolute atomic E-state index is 7.30. The summed E-state index contributed by atoms with van der Waals surface area (Å²) in [6.07, 6.45) is 2.68. The summed E-state index contributed by atoms with van der Waals surface area (Å²) in [5.74, 6) is 0. The van der Waals surface area contributed by atoms with Gasteiger partial charge < -0.3 is 13.7 Å². The maximum Gasteiger partial charge on any atom is 0.479 e. The van der Waals surface area contributed by atoms with Crippen LogP contribution in [0.5, 0.6) is 0 Å². The molecule has 0 aromatic heterocycles. The molecule has 0 saturated carbocycles. The smallest absolute Gasteiger partial charge is 0.405 e. The van der Waals surface area contributed by atoms with Gasteiger partial charge in [-0.1, -0.05) is 87.5 Å². The van der Waals surface area contributed by atoms with E-state index in [1.165, 1.54) is 0 Å². The quantitative estimate of drug-likeness (QED) is 0.455. The van der Waals surface area contributed by atoms with E-state index in [2.05, 4.69) is 104 Å². The lowest BCUT2D eigenvalue weighted by Gasteiger charge is -2.41. The van der Waals surface area contributed by atoms with Crippen molar-refractivity contribution >= 4 is 25.3 Å². The third-order valence-corrected chi connectivity index (χ3v) is 10.6. The summed E-state index contributed by atoms with van der Waals surface area (Å²) in [7, 11) is -2.99. The molecule has 1 heterocycles. The molecule has 1 aliphatic heterocycles. The zero-order chi connectivity index (χ0) is 22.9. The summed E-state index contributed by atoms with van der Waals surface area (Å²) in [5, 5.41) is 2.30. The second-order valence-electron chi connectivity index (χ2n) is 10.6. The molecule has 0 spiro atoms. The minimum Gasteiger partial charge on any atom is -0.405 e. The standard InChI is InChI=1S/C26H37BO3Si/c1-9-16-23(24(2,3)4)28-31(21-17-12-10-13-18-21,22-19-14-11-15-20-22)27-29-25(5,6)26(7,8)30-27/h9-15,17-20,23H,1,16H2,2-8H3. The highest BCUT2D eigenvalue weighted by Gasteiger charge is 2.64. The molecule has 1 aliphatic rings. The Labute approximate surface area is 190 Å². The first-order chi connectivity index (χ1) is 14.4. The monoisotopic (exact) mass is 436 g/mol. The number of benzene rings is 2. The van der Waals surface area contributed by atoms with Gasteiger partial charge in [-0.2, -0.15) is 0 Å². The van der Waals surface area contributed by atoms with Crippen molar-refractivity contribution in [3.63, 3.8) is 0 Å². The molecular formula is C26H37BO3Si. The van der Waals surface area contributed by atoms with Gasteiger partial charge in [-0.15, -0.1) is 6.58 Å². The fourth-order valence-electron chi connectivity index (χ4n) is 3.97. The van der Waals surface area contributed by atoms with Gasteiger partial charge in [-0.3, -0.25) is 0 Å². The molecular weight excluding hydrogens is 399 g/mol. The van der Waals surface area contributed by atoms with Crippen LogP contribution in [0.1, 0.15) is 54.9 Å². The van der Waals surface area contributed by atoms with Crippen LogP contribution in [0, 0.1) is 5.41 Å². The molecule has 166 valence electrons. The van der Waals surface area contributed by atoms with Crippen LogP contribution in [0.4, 0.5) is 0 Å². The average Bonchev–Trinajstić information content (AvgIpc) is 2.93. The van der Waals surface area contributed by atoms with Crippen molar-refractivity contribution in [2.24, 2.45) is 5.41 Å². The Balaban J connectivity index is 2.26. The third-order valence-electron chi connectivity index (χ3n) is 6.67. The van der Waals surface area contributed by atoms with Gasteiger partial charge >= 0.3 is 6.71 Å². The zero-order valence-corrected chi connectivity index (χ0v) is 21.1. The number of rotatable bonds is 7. The van der Waals surface area contributed by atoms with Crippen molar-refractivity contribution in [1.29, 1.82) is 0 Å². The van der Waals surface area contributed by atoms with E-state index >= 15 is 0 Å². The Morgan fingerprint density at radius 1 is 0.903 bits per heavy atom. The summed E-state index contributed by atoms with van der Waals surface area (Å²) in [6, 6.07) is 21.1. The van der Waals surface area contributed by atoms with Gasteiger partial charge in [0.15, 0.2) is 0 Å². The van der Waals surface area contributed by atoms with Crippen LogP contribution < -0.4 is 10.4 Å². The average molecular weight is 436 g/mol. The third kappa shape index (κ3) is 4.61. The molecule has 0 radical (unpaired) electrons. The van der Waals surface area contributed by atoms with E-state index in [9.17, 15) is 0 Å². The summed E-state index contributed by atoms with van der Waals surface area (Å²) in [4.78, 5) is 0. The van der Waals surface area contributed by atoms with Crippen LogP contribution in [-0.2, 0) is 13.7 Å². The van der Waals surface area contributed by atoms with E-state index < -0.39 is 26.1 Å². The van der Waals surface area contributed by atoms with E-state index in [1.807, 2.05) is 18.2 Å². The highest BCUT2D eigenvalue weighted by molar-refractivity contribution is 7.37. The lowest BCUT2D eigenvalue weighted by Crippen LogP contribution is -2.73. The minimum absolute atomic E-state index is 0.0314. The van der Waals surface area contributed by atoms with Crippen LogP contribution in [0.15, 0.2) is 73.3 Å². The molecule has 1 fully saturated rings. The van der Waals surface area contributed by atoms with E-state index in [-0.39, 0.29) is 11.5 Å². The molecule has 1 saturated heterocycles. The summed E-state index contributed by atoms with van der Waals surface area (Å²) in [5.41, 5.74) is -0.962. The summed E-state index contributed by atoms with van der Waals surface area (Å²) in [6.45, 7) is 18.6. The Bertz CT molecular complexity index is 819. The Hall–Kier alpha value is -1.66. The van der Waals surface area contributed by atoms with Gasteiger partial charge in [0.25, 0.3) is 8.19 Å². The predicted octanol–water partition coefficient (Wildman–Crippen LogP) is 4.92. The maximum atomic E-state index is 7.30. The Kier molecular flexibility index (Phi) is 6.74. The summed E-state index contributed by atoms with van der Waals surface area (Å²) >= 11 is 0. The van der Waals surface area contributed by atoms with Gasteiger partial charge in [0.05, 0.1) is 17.3 Å². The van der Waals surface area contributed by atoms with E-state index in [1.54, 1.807) is 0 Å². The topological polar surface area (TPSA) is 27.7 Å². The van der Waals surface area contributed by atoms with E-state index in [0.717, 1.165) is 16.8 Å². The van der Waals surface area contributed by atoms with Crippen molar-refractivity contribution in [2.75, 3.05) is 0 Å². The molecule has 2 aromatic rings. The molecule has 1 unspecified atom stereocenters. The minimum atomic E-state index is -2.99. The van der Waals surface area contributed by atoms with Crippen molar-refractivity contribution in [3.8, 4) is 0 Å². The van der Waals surface area contributed by atoms with Gasteiger partial charge in [-0.25, -0.2) is 0 Å². The van der Waals surface area contributed by atoms with Gasteiger partial charge in [-0.05, 0) is 49.9 Å². The van der Waals surface area contributed by atoms with E-state index in [0.29, 0.717) is 0 Å². The molecule has 0 bridgehead atoms. The Morgan fingerprint density at radius 3 is 1.68 bits per heavy atom. The first-order valence-corrected chi connectivity index (χ1v) is 13.2. The lowest BCUT2D eigenvalue weighted by molar-refractivity contribution is 0.00578. The van der Waals surface area contributed by atoms with Crippen molar-refractivity contribution in [2.45, 2.75) is 72.2 Å². The van der Waals surface area contributed by atoms with Crippen LogP contribution in [0.3, 0.4) is 0 Å². The largest absolute Gasteiger partial charge is 0.479 e. The van der Waals surface area contributed by atoms with Crippen molar-refractivity contribution < 1.29 is 13.7 Å². The molecule has 3 rings (SSSR count). The molecule has 3 nitrogen and oxygen atoms in total. The second kappa shape index (κ2) is 8.70. The van der Waals surface area contributed by atoms with E-state index in [4.69, 9.17) is 13.7 Å². The van der Waals surface area contributed by atoms with Crippen LogP contribution >= 0.6 is 0 Å². The fourth-order valence-corrected chi connectivity index (χ4v) is 8.42. The van der Waals surface area contributed by atoms with Crippen LogP contribution in [0.25, 0.3) is 0 Å². The summed E-state index contributed by atoms with van der Waals surface area (Å²) < 4.78 is 20.7. The number of hydrogen-bond acceptors (Lipinski definition) is 3. The van der Waals surface area contributed by atoms with Crippen LogP contribution in [0.2, 0.25) is 0 Å². The van der Waals surface area contributed by atoms with Crippen LogP contribution in [-0.4, -0.2) is 32.2 Å².